The van der Waals surface area contributed by atoms with Crippen molar-refractivity contribution in [2.75, 3.05) is 13.2 Å². The van der Waals surface area contributed by atoms with Crippen LogP contribution in [-0.2, 0) is 0 Å². The summed E-state index contributed by atoms with van der Waals surface area (Å²) in [4.78, 5) is 34.5. The summed E-state index contributed by atoms with van der Waals surface area (Å²) in [6, 6.07) is 18.3. The zero-order valence-electron chi connectivity index (χ0n) is 19.1. The van der Waals surface area contributed by atoms with E-state index in [0.29, 0.717) is 29.6 Å². The lowest BCUT2D eigenvalue weighted by Gasteiger charge is -2.11. The van der Waals surface area contributed by atoms with Gasteiger partial charge in [-0.2, -0.15) is 0 Å². The normalized spacial score (nSPS) is 10.8. The third-order valence-electron chi connectivity index (χ3n) is 5.51. The molecule has 0 atom stereocenters. The van der Waals surface area contributed by atoms with Crippen LogP contribution in [0.25, 0.3) is 33.3 Å². The number of amides is 1. The van der Waals surface area contributed by atoms with Crippen molar-refractivity contribution in [1.29, 1.82) is 0 Å². The summed E-state index contributed by atoms with van der Waals surface area (Å²) in [7, 11) is 0. The number of nitrogens with one attached hydrogen (secondary N) is 2. The summed E-state index contributed by atoms with van der Waals surface area (Å²) >= 11 is 5.44. The average molecular weight is 507 g/mol. The van der Waals surface area contributed by atoms with Crippen LogP contribution in [0.3, 0.4) is 0 Å². The van der Waals surface area contributed by atoms with E-state index in [1.54, 1.807) is 6.07 Å². The summed E-state index contributed by atoms with van der Waals surface area (Å²) in [6.45, 7) is 0.713. The largest absolute Gasteiger partial charge is 0.494 e. The number of carbonyl (C=O) groups excluding carboxylic acids is 1. The van der Waals surface area contributed by atoms with Crippen molar-refractivity contribution >= 4 is 34.6 Å². The van der Waals surface area contributed by atoms with Crippen molar-refractivity contribution in [3.8, 4) is 28.1 Å². The fraction of sp³-hybridized carbons (Fsp3) is 0.154. The second kappa shape index (κ2) is 11.6. The van der Waals surface area contributed by atoms with Gasteiger partial charge in [0.25, 0.3) is 5.91 Å². The Morgan fingerprint density at radius 3 is 2.25 bits per heavy atom. The van der Waals surface area contributed by atoms with Gasteiger partial charge in [0.15, 0.2) is 0 Å². The molecule has 2 heterocycles. The van der Waals surface area contributed by atoms with Crippen LogP contribution in [-0.4, -0.2) is 45.3 Å². The Kier molecular flexibility index (Phi) is 8.06. The first kappa shape index (κ1) is 25.1. The molecule has 10 heteroatoms. The molecular weight excluding hydrogens is 484 g/mol. The molecule has 2 aromatic carbocycles. The van der Waals surface area contributed by atoms with E-state index in [0.717, 1.165) is 28.9 Å². The number of rotatable bonds is 10. The van der Waals surface area contributed by atoms with Gasteiger partial charge >= 0.3 is 5.97 Å². The van der Waals surface area contributed by atoms with Gasteiger partial charge in [-0.25, -0.2) is 14.8 Å². The monoisotopic (exact) mass is 506 g/mol. The lowest BCUT2D eigenvalue weighted by molar-refractivity contribution is 0.0690. The molecule has 184 valence electrons. The minimum Gasteiger partial charge on any atom is -0.494 e. The van der Waals surface area contributed by atoms with Gasteiger partial charge < -0.3 is 14.9 Å². The molecule has 0 aliphatic rings. The van der Waals surface area contributed by atoms with Crippen LogP contribution in [0.15, 0.2) is 66.9 Å². The average Bonchev–Trinajstić information content (AvgIpc) is 2.90. The number of carbonyl (C=O) groups is 2. The van der Waals surface area contributed by atoms with E-state index >= 15 is 0 Å². The predicted octanol–water partition coefficient (Wildman–Crippen LogP) is 4.20. The van der Waals surface area contributed by atoms with Crippen molar-refractivity contribution < 1.29 is 24.5 Å². The number of ether oxygens (including phenoxy) is 1. The van der Waals surface area contributed by atoms with Crippen molar-refractivity contribution in [1.82, 2.24) is 20.3 Å². The smallest absolute Gasteiger partial charge is 0.354 e. The number of aliphatic hydroxyl groups is 1. The third kappa shape index (κ3) is 5.77. The summed E-state index contributed by atoms with van der Waals surface area (Å²) in [5.74, 6) is -0.941. The maximum absolute atomic E-state index is 12.6. The van der Waals surface area contributed by atoms with Crippen molar-refractivity contribution in [3.05, 3.63) is 78.1 Å². The number of hydrogen-bond acceptors (Lipinski definition) is 7. The fourth-order valence-electron chi connectivity index (χ4n) is 3.67. The minimum absolute atomic E-state index is 0.159. The van der Waals surface area contributed by atoms with Gasteiger partial charge in [0, 0.05) is 23.8 Å². The maximum Gasteiger partial charge on any atom is 0.354 e. The van der Waals surface area contributed by atoms with Crippen molar-refractivity contribution in [2.24, 2.45) is 0 Å². The highest BCUT2D eigenvalue weighted by molar-refractivity contribution is 6.15. The molecule has 4 rings (SSSR count). The van der Waals surface area contributed by atoms with Gasteiger partial charge in [-0.05, 0) is 60.0 Å². The van der Waals surface area contributed by atoms with Gasteiger partial charge in [-0.3, -0.25) is 10.2 Å². The number of nitrogens with zero attached hydrogens (tertiary/aromatic N) is 2. The van der Waals surface area contributed by atoms with E-state index in [9.17, 15) is 14.7 Å². The summed E-state index contributed by atoms with van der Waals surface area (Å²) < 4.78 is 5.68. The van der Waals surface area contributed by atoms with Crippen LogP contribution < -0.4 is 15.1 Å². The number of hydrogen-bond donors (Lipinski definition) is 4. The molecule has 0 radical (unpaired) electrons. The topological polar surface area (TPSA) is 134 Å². The van der Waals surface area contributed by atoms with Gasteiger partial charge in [0.2, 0.25) is 0 Å². The zero-order valence-corrected chi connectivity index (χ0v) is 19.8. The number of aromatic carboxylic acids is 1. The highest BCUT2D eigenvalue weighted by atomic mass is 35.5. The first-order valence-electron chi connectivity index (χ1n) is 11.1. The van der Waals surface area contributed by atoms with Crippen LogP contribution in [0.2, 0.25) is 0 Å². The zero-order chi connectivity index (χ0) is 25.5. The fourth-order valence-corrected chi connectivity index (χ4v) is 3.75. The molecule has 36 heavy (non-hydrogen) atoms. The number of benzene rings is 2. The molecule has 0 saturated heterocycles. The number of fused-ring (bicyclic) bond motifs is 1. The number of halogens is 1. The van der Waals surface area contributed by atoms with Crippen LogP contribution in [0.4, 0.5) is 0 Å². The third-order valence-corrected chi connectivity index (χ3v) is 5.60. The maximum atomic E-state index is 12.6. The Hall–Kier alpha value is -4.05. The number of carboxylic acid groups (broad SMARTS) is 1. The number of hydrazine groups is 1. The molecule has 0 fully saturated rings. The molecule has 0 aliphatic carbocycles. The minimum atomic E-state index is -1.19. The highest BCUT2D eigenvalue weighted by Gasteiger charge is 2.16. The molecule has 2 aromatic heterocycles. The number of unbranched alkanes of at least 4 members (excludes halogenated alkanes) is 1. The Balaban J connectivity index is 1.62. The van der Waals surface area contributed by atoms with Crippen molar-refractivity contribution in [3.63, 3.8) is 0 Å². The molecule has 4 N–H and O–H groups in total. The number of pyridine rings is 2. The molecular formula is C26H23ClN4O5. The molecule has 0 bridgehead atoms. The van der Waals surface area contributed by atoms with Gasteiger partial charge in [0.1, 0.15) is 11.4 Å². The molecule has 4 aromatic rings. The van der Waals surface area contributed by atoms with E-state index in [1.807, 2.05) is 48.5 Å². The first-order chi connectivity index (χ1) is 17.5. The summed E-state index contributed by atoms with van der Waals surface area (Å²) in [6.07, 6.45) is 2.81. The van der Waals surface area contributed by atoms with Gasteiger partial charge in [0.05, 0.1) is 23.4 Å². The van der Waals surface area contributed by atoms with Gasteiger partial charge in [-0.15, -0.1) is 4.94 Å². The molecule has 0 saturated carbocycles. The number of carboxylic acids is 1. The first-order valence-corrected chi connectivity index (χ1v) is 11.5. The molecule has 0 aliphatic heterocycles. The SMILES string of the molecule is O=C(O)c1cc2nc(-c3ccc(-c4ccc(OCCCCO)cc4)cc3)cc(C(=O)NNCl)c2cn1. The van der Waals surface area contributed by atoms with E-state index in [2.05, 4.69) is 20.3 Å². The van der Waals surface area contributed by atoms with E-state index in [-0.39, 0.29) is 17.9 Å². The second-order valence-electron chi connectivity index (χ2n) is 7.88. The van der Waals surface area contributed by atoms with E-state index < -0.39 is 11.9 Å². The standard InChI is InChI=1S/C26H23ClN4O5/c27-31-30-25(33)20-13-22(29-23-14-24(26(34)35)28-15-21(20)23)18-5-3-16(4-6-18)17-7-9-19(10-8-17)36-12-2-1-11-32/h3-10,13-15,31-32H,1-2,11-12H2,(H,30,33)(H,34,35). The lowest BCUT2D eigenvalue weighted by Crippen LogP contribution is -2.30. The summed E-state index contributed by atoms with van der Waals surface area (Å²) in [5, 5.41) is 18.5. The Morgan fingerprint density at radius 1 is 0.944 bits per heavy atom. The lowest BCUT2D eigenvalue weighted by atomic mass is 10.0. The highest BCUT2D eigenvalue weighted by Crippen LogP contribution is 2.28. The number of aromatic nitrogens is 2. The van der Waals surface area contributed by atoms with Gasteiger partial charge in [-0.1, -0.05) is 36.4 Å². The van der Waals surface area contributed by atoms with Crippen LogP contribution in [0.5, 0.6) is 5.75 Å². The van der Waals surface area contributed by atoms with Crippen LogP contribution >= 0.6 is 11.8 Å². The van der Waals surface area contributed by atoms with Crippen LogP contribution in [0, 0.1) is 0 Å². The van der Waals surface area contributed by atoms with E-state index in [1.165, 1.54) is 12.3 Å². The second-order valence-corrected chi connectivity index (χ2v) is 8.07. The molecule has 0 spiro atoms. The Labute approximate surface area is 211 Å². The van der Waals surface area contributed by atoms with E-state index in [4.69, 9.17) is 21.6 Å². The Bertz CT molecular complexity index is 1380. The van der Waals surface area contributed by atoms with Crippen LogP contribution in [0.1, 0.15) is 33.7 Å². The Morgan fingerprint density at radius 2 is 1.61 bits per heavy atom. The predicted molar refractivity (Wildman–Crippen MR) is 136 cm³/mol. The number of aliphatic hydroxyl groups excluding tert-OH is 1. The summed E-state index contributed by atoms with van der Waals surface area (Å²) in [5.41, 5.74) is 5.90. The quantitative estimate of drug-likeness (QED) is 0.143. The molecule has 1 amide bonds. The molecule has 0 unspecified atom stereocenters. The molecule has 9 nitrogen and oxygen atoms in total. The van der Waals surface area contributed by atoms with Crippen molar-refractivity contribution in [2.45, 2.75) is 12.8 Å².